The number of rotatable bonds is 6. The number of aromatic nitrogens is 2. The molecule has 0 radical (unpaired) electrons. The van der Waals surface area contributed by atoms with Crippen molar-refractivity contribution >= 4 is 38.6 Å². The lowest BCUT2D eigenvalue weighted by Crippen LogP contribution is -2.39. The van der Waals surface area contributed by atoms with Crippen LogP contribution < -0.4 is 4.72 Å². The molecule has 23 heavy (non-hydrogen) atoms. The van der Waals surface area contributed by atoms with Crippen molar-refractivity contribution in [1.29, 1.82) is 0 Å². The Morgan fingerprint density at radius 2 is 2.26 bits per heavy atom. The number of halogens is 1. The second-order valence-corrected chi connectivity index (χ2v) is 7.80. The van der Waals surface area contributed by atoms with Crippen molar-refractivity contribution in [3.05, 3.63) is 23.5 Å². The number of carboxylic acid groups (broad SMARTS) is 1. The number of nitrogens with one attached hydrogen (secondary N) is 2. The average molecular weight is 358 g/mol. The molecule has 2 aromatic rings. The second kappa shape index (κ2) is 6.10. The molecule has 7 nitrogen and oxygen atoms in total. The van der Waals surface area contributed by atoms with Gasteiger partial charge >= 0.3 is 5.97 Å². The molecular weight excluding hydrogens is 342 g/mol. The first-order chi connectivity index (χ1) is 10.9. The number of hydrogen-bond donors (Lipinski definition) is 3. The summed E-state index contributed by atoms with van der Waals surface area (Å²) in [5.41, 5.74) is 0.367. The largest absolute Gasteiger partial charge is 0.481 e. The molecule has 2 heterocycles. The fraction of sp³-hybridized carbons (Fsp3) is 0.429. The first kappa shape index (κ1) is 16.2. The van der Waals surface area contributed by atoms with Crippen LogP contribution in [0.3, 0.4) is 0 Å². The molecule has 0 aromatic carbocycles. The number of pyridine rings is 1. The number of hydrogen-bond acceptors (Lipinski definition) is 4. The van der Waals surface area contributed by atoms with Crippen molar-refractivity contribution in [1.82, 2.24) is 14.7 Å². The molecule has 0 aliphatic heterocycles. The summed E-state index contributed by atoms with van der Waals surface area (Å²) in [5.74, 6) is -1.66. The van der Waals surface area contributed by atoms with E-state index in [1.165, 1.54) is 18.5 Å². The Morgan fingerprint density at radius 3 is 2.87 bits per heavy atom. The summed E-state index contributed by atoms with van der Waals surface area (Å²) in [4.78, 5) is 18.1. The molecule has 0 saturated heterocycles. The van der Waals surface area contributed by atoms with Gasteiger partial charge in [0.2, 0.25) is 10.0 Å². The molecule has 1 unspecified atom stereocenters. The Kier molecular flexibility index (Phi) is 4.31. The summed E-state index contributed by atoms with van der Waals surface area (Å²) >= 11 is 6.06. The quantitative estimate of drug-likeness (QED) is 0.732. The van der Waals surface area contributed by atoms with Crippen LogP contribution in [0.25, 0.3) is 11.0 Å². The minimum Gasteiger partial charge on any atom is -0.481 e. The van der Waals surface area contributed by atoms with Crippen LogP contribution in [0.15, 0.2) is 23.4 Å². The van der Waals surface area contributed by atoms with Gasteiger partial charge in [-0.1, -0.05) is 18.0 Å². The number of H-pyrrole nitrogens is 1. The number of fused-ring (bicyclic) bond motifs is 1. The number of carbonyl (C=O) groups is 1. The van der Waals surface area contributed by atoms with Crippen LogP contribution in [0.5, 0.6) is 0 Å². The zero-order valence-electron chi connectivity index (χ0n) is 12.1. The maximum absolute atomic E-state index is 12.5. The number of carboxylic acids is 1. The normalized spacial score (nSPS) is 17.1. The molecule has 0 amide bonds. The third-order valence-corrected chi connectivity index (χ3v) is 6.07. The molecule has 1 saturated carbocycles. The van der Waals surface area contributed by atoms with Gasteiger partial charge in [-0.3, -0.25) is 4.79 Å². The Morgan fingerprint density at radius 1 is 1.52 bits per heavy atom. The fourth-order valence-corrected chi connectivity index (χ4v) is 4.32. The van der Waals surface area contributed by atoms with E-state index in [1.54, 1.807) is 0 Å². The van der Waals surface area contributed by atoms with Gasteiger partial charge in [0.25, 0.3) is 0 Å². The molecule has 1 fully saturated rings. The molecule has 9 heteroatoms. The van der Waals surface area contributed by atoms with Gasteiger partial charge in [0.1, 0.15) is 10.5 Å². The van der Waals surface area contributed by atoms with Crippen molar-refractivity contribution in [2.24, 2.45) is 11.8 Å². The van der Waals surface area contributed by atoms with E-state index in [9.17, 15) is 18.3 Å². The van der Waals surface area contributed by atoms with Gasteiger partial charge in [-0.05, 0) is 24.8 Å². The van der Waals surface area contributed by atoms with E-state index < -0.39 is 21.9 Å². The first-order valence-corrected chi connectivity index (χ1v) is 9.10. The van der Waals surface area contributed by atoms with Gasteiger partial charge in [0.05, 0.1) is 16.3 Å². The highest BCUT2D eigenvalue weighted by atomic mass is 35.5. The number of nitrogens with zero attached hydrogens (tertiary/aromatic N) is 1. The first-order valence-electron chi connectivity index (χ1n) is 7.24. The van der Waals surface area contributed by atoms with Crippen LogP contribution >= 0.6 is 11.6 Å². The van der Waals surface area contributed by atoms with Crippen molar-refractivity contribution < 1.29 is 18.3 Å². The molecule has 2 aromatic heterocycles. The standard InChI is InChI=1S/C14H16ClN3O4S/c15-10-4-5-16-13-12(10)11(7-17-13)23(21,22)18-6-9(14(19)20)8-2-1-3-8/h4-5,7-9,18H,1-3,6H2,(H,16,17)(H,19,20). The maximum Gasteiger partial charge on any atom is 0.308 e. The lowest BCUT2D eigenvalue weighted by molar-refractivity contribution is -0.144. The smallest absolute Gasteiger partial charge is 0.308 e. The van der Waals surface area contributed by atoms with Crippen LogP contribution in [-0.4, -0.2) is 36.0 Å². The van der Waals surface area contributed by atoms with Crippen LogP contribution in [0, 0.1) is 11.8 Å². The van der Waals surface area contributed by atoms with Crippen LogP contribution in [0.4, 0.5) is 0 Å². The summed E-state index contributed by atoms with van der Waals surface area (Å²) < 4.78 is 27.4. The monoisotopic (exact) mass is 357 g/mol. The summed E-state index contributed by atoms with van der Waals surface area (Å²) in [6, 6.07) is 1.51. The van der Waals surface area contributed by atoms with E-state index in [2.05, 4.69) is 14.7 Å². The highest BCUT2D eigenvalue weighted by molar-refractivity contribution is 7.89. The SMILES string of the molecule is O=C(O)C(CNS(=O)(=O)c1c[nH]c2nccc(Cl)c12)C1CCC1. The predicted molar refractivity (Wildman–Crippen MR) is 84.8 cm³/mol. The third kappa shape index (κ3) is 3.06. The van der Waals surface area contributed by atoms with E-state index in [1.807, 2.05) is 0 Å². The van der Waals surface area contributed by atoms with Crippen LogP contribution in [0.1, 0.15) is 19.3 Å². The van der Waals surface area contributed by atoms with E-state index in [0.29, 0.717) is 11.0 Å². The minimum absolute atomic E-state index is 0.0247. The number of sulfonamides is 1. The summed E-state index contributed by atoms with van der Waals surface area (Å²) in [7, 11) is -3.88. The maximum atomic E-state index is 12.5. The highest BCUT2D eigenvalue weighted by Crippen LogP contribution is 2.34. The highest BCUT2D eigenvalue weighted by Gasteiger charge is 2.34. The van der Waals surface area contributed by atoms with E-state index >= 15 is 0 Å². The molecular formula is C14H16ClN3O4S. The third-order valence-electron chi connectivity index (χ3n) is 4.31. The van der Waals surface area contributed by atoms with Gasteiger partial charge in [-0.25, -0.2) is 18.1 Å². The van der Waals surface area contributed by atoms with Crippen LogP contribution in [0.2, 0.25) is 5.02 Å². The van der Waals surface area contributed by atoms with Crippen molar-refractivity contribution in [2.45, 2.75) is 24.2 Å². The lowest BCUT2D eigenvalue weighted by Gasteiger charge is -2.31. The minimum atomic E-state index is -3.88. The molecule has 1 aliphatic rings. The van der Waals surface area contributed by atoms with Gasteiger partial charge in [0.15, 0.2) is 0 Å². The molecule has 0 bridgehead atoms. The van der Waals surface area contributed by atoms with Crippen molar-refractivity contribution in [3.63, 3.8) is 0 Å². The summed E-state index contributed by atoms with van der Waals surface area (Å²) in [6.07, 6.45) is 5.42. The fourth-order valence-electron chi connectivity index (χ4n) is 2.78. The Labute approximate surface area is 138 Å². The summed E-state index contributed by atoms with van der Waals surface area (Å²) in [6.45, 7) is -0.132. The summed E-state index contributed by atoms with van der Waals surface area (Å²) in [5, 5.41) is 9.85. The zero-order valence-corrected chi connectivity index (χ0v) is 13.7. The number of aromatic amines is 1. The molecule has 124 valence electrons. The molecule has 3 rings (SSSR count). The number of aliphatic carboxylic acids is 1. The Balaban J connectivity index is 1.84. The van der Waals surface area contributed by atoms with Gasteiger partial charge < -0.3 is 10.1 Å². The van der Waals surface area contributed by atoms with Gasteiger partial charge in [-0.2, -0.15) is 0 Å². The molecule has 1 atom stereocenters. The van der Waals surface area contributed by atoms with E-state index in [4.69, 9.17) is 11.6 Å². The van der Waals surface area contributed by atoms with Gasteiger partial charge in [-0.15, -0.1) is 0 Å². The van der Waals surface area contributed by atoms with E-state index in [-0.39, 0.29) is 22.4 Å². The lowest BCUT2D eigenvalue weighted by atomic mass is 9.76. The zero-order chi connectivity index (χ0) is 16.6. The Hall–Kier alpha value is -1.64. The average Bonchev–Trinajstić information content (AvgIpc) is 2.87. The van der Waals surface area contributed by atoms with E-state index in [0.717, 1.165) is 19.3 Å². The van der Waals surface area contributed by atoms with Gasteiger partial charge in [0, 0.05) is 18.9 Å². The predicted octanol–water partition coefficient (Wildman–Crippen LogP) is 2.00. The van der Waals surface area contributed by atoms with Crippen molar-refractivity contribution in [3.8, 4) is 0 Å². The Bertz CT molecular complexity index is 845. The van der Waals surface area contributed by atoms with Crippen LogP contribution in [-0.2, 0) is 14.8 Å². The topological polar surface area (TPSA) is 112 Å². The molecule has 3 N–H and O–H groups in total. The molecule has 1 aliphatic carbocycles. The second-order valence-electron chi connectivity index (χ2n) is 5.66. The van der Waals surface area contributed by atoms with Crippen molar-refractivity contribution in [2.75, 3.05) is 6.54 Å². The molecule has 0 spiro atoms.